The molecule has 0 unspecified atom stereocenters. The van der Waals surface area contributed by atoms with Crippen molar-refractivity contribution in [2.45, 2.75) is 25.7 Å². The van der Waals surface area contributed by atoms with Crippen LogP contribution in [0.25, 0.3) is 0 Å². The quantitative estimate of drug-likeness (QED) is 0.665. The van der Waals surface area contributed by atoms with Crippen LogP contribution in [0.2, 0.25) is 0 Å². The molecular weight excluding hydrogens is 330 g/mol. The van der Waals surface area contributed by atoms with Gasteiger partial charge in [-0.25, -0.2) is 0 Å². The highest BCUT2D eigenvalue weighted by Crippen LogP contribution is 2.34. The summed E-state index contributed by atoms with van der Waals surface area (Å²) in [7, 11) is 0. The van der Waals surface area contributed by atoms with Crippen LogP contribution in [0, 0.1) is 11.8 Å². The normalized spacial score (nSPS) is 24.9. The zero-order valence-corrected chi connectivity index (χ0v) is 14.7. The molecule has 2 atom stereocenters. The highest BCUT2D eigenvalue weighted by molar-refractivity contribution is 6.08. The second-order valence-corrected chi connectivity index (χ2v) is 7.21. The van der Waals surface area contributed by atoms with Gasteiger partial charge in [-0.2, -0.15) is 0 Å². The number of hydrogen-bond acceptors (Lipinski definition) is 4. The van der Waals surface area contributed by atoms with E-state index in [1.54, 1.807) is 0 Å². The molecule has 2 saturated heterocycles. The molecule has 4 rings (SSSR count). The molecule has 136 valence electrons. The van der Waals surface area contributed by atoms with E-state index >= 15 is 0 Å². The average molecular weight is 353 g/mol. The van der Waals surface area contributed by atoms with Gasteiger partial charge >= 0.3 is 0 Å². The van der Waals surface area contributed by atoms with Crippen molar-refractivity contribution in [2.75, 3.05) is 29.9 Å². The summed E-state index contributed by atoms with van der Waals surface area (Å²) in [6.45, 7) is 1.93. The van der Waals surface area contributed by atoms with Gasteiger partial charge in [0.1, 0.15) is 6.54 Å². The first-order valence-corrected chi connectivity index (χ1v) is 9.28. The highest BCUT2D eigenvalue weighted by Gasteiger charge is 2.47. The Bertz CT molecular complexity index is 724. The van der Waals surface area contributed by atoms with Gasteiger partial charge in [-0.05, 0) is 49.9 Å². The maximum absolute atomic E-state index is 12.4. The summed E-state index contributed by atoms with van der Waals surface area (Å²) in [6.07, 6.45) is 7.49. The van der Waals surface area contributed by atoms with Crippen molar-refractivity contribution in [2.24, 2.45) is 11.8 Å². The summed E-state index contributed by atoms with van der Waals surface area (Å²) in [5.41, 5.74) is 1.83. The lowest BCUT2D eigenvalue weighted by Crippen LogP contribution is -2.38. The predicted molar refractivity (Wildman–Crippen MR) is 98.6 cm³/mol. The van der Waals surface area contributed by atoms with E-state index in [9.17, 15) is 14.4 Å². The molecule has 0 aromatic heterocycles. The minimum absolute atomic E-state index is 0.210. The molecule has 0 bridgehead atoms. The molecule has 3 aliphatic rings. The Kier molecular flexibility index (Phi) is 4.49. The Balaban J connectivity index is 1.36. The minimum atomic E-state index is -0.341. The second-order valence-electron chi connectivity index (χ2n) is 7.21. The van der Waals surface area contributed by atoms with E-state index in [1.165, 1.54) is 12.8 Å². The molecular formula is C20H23N3O3. The largest absolute Gasteiger partial charge is 0.372 e. The number of anilines is 2. The van der Waals surface area contributed by atoms with Crippen LogP contribution in [0.3, 0.4) is 0 Å². The summed E-state index contributed by atoms with van der Waals surface area (Å²) in [4.78, 5) is 40.6. The Hall–Kier alpha value is -2.63. The van der Waals surface area contributed by atoms with Crippen molar-refractivity contribution in [1.29, 1.82) is 0 Å². The second kappa shape index (κ2) is 6.94. The molecule has 26 heavy (non-hydrogen) atoms. The van der Waals surface area contributed by atoms with Crippen molar-refractivity contribution in [3.8, 4) is 0 Å². The van der Waals surface area contributed by atoms with Crippen molar-refractivity contribution in [3.63, 3.8) is 0 Å². The maximum atomic E-state index is 12.4. The van der Waals surface area contributed by atoms with Crippen LogP contribution < -0.4 is 10.2 Å². The van der Waals surface area contributed by atoms with Gasteiger partial charge in [-0.15, -0.1) is 0 Å². The van der Waals surface area contributed by atoms with Crippen LogP contribution in [0.15, 0.2) is 36.4 Å². The SMILES string of the molecule is O=C(CN1C(=O)[C@H]2CC=CC[C@@H]2C1=O)Nc1ccc(N2CCCC2)cc1. The number of amides is 3. The van der Waals surface area contributed by atoms with Crippen LogP contribution in [-0.4, -0.2) is 42.3 Å². The number of fused-ring (bicyclic) bond motifs is 1. The van der Waals surface area contributed by atoms with Crippen molar-refractivity contribution < 1.29 is 14.4 Å². The minimum Gasteiger partial charge on any atom is -0.372 e. The molecule has 2 heterocycles. The smallest absolute Gasteiger partial charge is 0.244 e. The van der Waals surface area contributed by atoms with Crippen LogP contribution in [-0.2, 0) is 14.4 Å². The molecule has 0 radical (unpaired) electrons. The number of nitrogens with one attached hydrogen (secondary N) is 1. The molecule has 2 fully saturated rings. The van der Waals surface area contributed by atoms with Gasteiger partial charge in [-0.1, -0.05) is 12.2 Å². The number of hydrogen-bond donors (Lipinski definition) is 1. The molecule has 1 aromatic rings. The number of benzene rings is 1. The first kappa shape index (κ1) is 16.8. The summed E-state index contributed by atoms with van der Waals surface area (Å²) in [6, 6.07) is 7.71. The first-order chi connectivity index (χ1) is 12.6. The van der Waals surface area contributed by atoms with Crippen LogP contribution >= 0.6 is 0 Å². The molecule has 1 N–H and O–H groups in total. The number of imide groups is 1. The van der Waals surface area contributed by atoms with Crippen LogP contribution in [0.1, 0.15) is 25.7 Å². The lowest BCUT2D eigenvalue weighted by molar-refractivity contribution is -0.142. The Labute approximate surface area is 152 Å². The lowest BCUT2D eigenvalue weighted by atomic mass is 9.85. The van der Waals surface area contributed by atoms with Crippen molar-refractivity contribution in [3.05, 3.63) is 36.4 Å². The number of likely N-dealkylation sites (tertiary alicyclic amines) is 1. The third kappa shape index (κ3) is 3.11. The molecule has 0 saturated carbocycles. The fourth-order valence-corrected chi connectivity index (χ4v) is 4.10. The summed E-state index contributed by atoms with van der Waals surface area (Å²) < 4.78 is 0. The van der Waals surface area contributed by atoms with E-state index in [0.29, 0.717) is 18.5 Å². The summed E-state index contributed by atoms with van der Waals surface area (Å²) in [5, 5.41) is 2.79. The van der Waals surface area contributed by atoms with Gasteiger partial charge in [0, 0.05) is 24.5 Å². The Morgan fingerprint density at radius 2 is 1.54 bits per heavy atom. The Morgan fingerprint density at radius 3 is 2.12 bits per heavy atom. The number of allylic oxidation sites excluding steroid dienone is 2. The molecule has 1 aliphatic carbocycles. The van der Waals surface area contributed by atoms with E-state index in [2.05, 4.69) is 10.2 Å². The summed E-state index contributed by atoms with van der Waals surface area (Å²) in [5.74, 6) is -1.36. The standard InChI is InChI=1S/C20H23N3O3/c24-18(13-23-19(25)16-5-1-2-6-17(16)20(23)26)21-14-7-9-15(10-8-14)22-11-3-4-12-22/h1-2,7-10,16-17H,3-6,11-13H2,(H,21,24)/t16-,17-/m0/s1. The van der Waals surface area contributed by atoms with Gasteiger partial charge in [0.15, 0.2) is 0 Å². The monoisotopic (exact) mass is 353 g/mol. The fourth-order valence-electron chi connectivity index (χ4n) is 4.10. The maximum Gasteiger partial charge on any atom is 0.244 e. The zero-order chi connectivity index (χ0) is 18.1. The van der Waals surface area contributed by atoms with Gasteiger partial charge in [0.25, 0.3) is 0 Å². The van der Waals surface area contributed by atoms with Gasteiger partial charge in [0.05, 0.1) is 11.8 Å². The number of rotatable bonds is 4. The fraction of sp³-hybridized carbons (Fsp3) is 0.450. The molecule has 0 spiro atoms. The topological polar surface area (TPSA) is 69.7 Å². The van der Waals surface area contributed by atoms with E-state index < -0.39 is 0 Å². The lowest BCUT2D eigenvalue weighted by Gasteiger charge is -2.18. The van der Waals surface area contributed by atoms with Gasteiger partial charge < -0.3 is 10.2 Å². The van der Waals surface area contributed by atoms with E-state index in [1.807, 2.05) is 36.4 Å². The van der Waals surface area contributed by atoms with E-state index in [-0.39, 0.29) is 36.1 Å². The zero-order valence-electron chi connectivity index (χ0n) is 14.7. The number of carbonyl (C=O) groups is 3. The summed E-state index contributed by atoms with van der Waals surface area (Å²) >= 11 is 0. The molecule has 3 amide bonds. The van der Waals surface area contributed by atoms with Crippen molar-refractivity contribution >= 4 is 29.1 Å². The molecule has 6 nitrogen and oxygen atoms in total. The van der Waals surface area contributed by atoms with Gasteiger partial charge in [-0.3, -0.25) is 19.3 Å². The number of carbonyl (C=O) groups excluding carboxylic acids is 3. The number of nitrogens with zero attached hydrogens (tertiary/aromatic N) is 2. The highest BCUT2D eigenvalue weighted by atomic mass is 16.2. The van der Waals surface area contributed by atoms with E-state index in [4.69, 9.17) is 0 Å². The van der Waals surface area contributed by atoms with Gasteiger partial charge in [0.2, 0.25) is 17.7 Å². The molecule has 1 aromatic carbocycles. The Morgan fingerprint density at radius 1 is 0.962 bits per heavy atom. The van der Waals surface area contributed by atoms with E-state index in [0.717, 1.165) is 23.7 Å². The van der Waals surface area contributed by atoms with Crippen LogP contribution in [0.5, 0.6) is 0 Å². The van der Waals surface area contributed by atoms with Crippen molar-refractivity contribution in [1.82, 2.24) is 4.90 Å². The average Bonchev–Trinajstić information content (AvgIpc) is 3.27. The van der Waals surface area contributed by atoms with Crippen LogP contribution in [0.4, 0.5) is 11.4 Å². The predicted octanol–water partition coefficient (Wildman–Crippen LogP) is 2.18. The first-order valence-electron chi connectivity index (χ1n) is 9.28. The molecule has 6 heteroatoms. The third-order valence-electron chi connectivity index (χ3n) is 5.52. The third-order valence-corrected chi connectivity index (χ3v) is 5.52. The molecule has 2 aliphatic heterocycles.